The quantitative estimate of drug-likeness (QED) is 0.649. The molecule has 120 valence electrons. The van der Waals surface area contributed by atoms with Crippen LogP contribution in [-0.4, -0.2) is 24.3 Å². The summed E-state index contributed by atoms with van der Waals surface area (Å²) >= 11 is 11.9. The minimum Gasteiger partial charge on any atom is -0.503 e. The van der Waals surface area contributed by atoms with Crippen molar-refractivity contribution >= 4 is 35.3 Å². The van der Waals surface area contributed by atoms with E-state index in [1.807, 2.05) is 6.92 Å². The summed E-state index contributed by atoms with van der Waals surface area (Å²) in [5, 5.41) is 14.1. The molecule has 2 aromatic rings. The number of rotatable bonds is 4. The number of hydrazone groups is 1. The Morgan fingerprint density at radius 3 is 2.65 bits per heavy atom. The van der Waals surface area contributed by atoms with E-state index in [1.54, 1.807) is 24.3 Å². The second kappa shape index (κ2) is 7.35. The second-order valence-corrected chi connectivity index (χ2v) is 5.53. The maximum absolute atomic E-state index is 12.0. The Balaban J connectivity index is 2.10. The van der Waals surface area contributed by atoms with Crippen molar-refractivity contribution in [3.63, 3.8) is 0 Å². The fourth-order valence-electron chi connectivity index (χ4n) is 1.79. The average Bonchev–Trinajstić information content (AvgIpc) is 2.53. The number of aromatic hydroxyl groups is 1. The first-order valence-corrected chi connectivity index (χ1v) is 7.34. The van der Waals surface area contributed by atoms with Crippen molar-refractivity contribution in [2.45, 2.75) is 6.92 Å². The summed E-state index contributed by atoms with van der Waals surface area (Å²) in [6, 6.07) is 8.03. The molecule has 23 heavy (non-hydrogen) atoms. The molecule has 0 heterocycles. The van der Waals surface area contributed by atoms with E-state index < -0.39 is 0 Å². The second-order valence-electron chi connectivity index (χ2n) is 4.72. The summed E-state index contributed by atoms with van der Waals surface area (Å²) in [6.45, 7) is 1.85. The van der Waals surface area contributed by atoms with Crippen LogP contribution >= 0.6 is 23.2 Å². The number of hydrogen-bond donors (Lipinski definition) is 2. The third kappa shape index (κ3) is 4.15. The normalized spacial score (nSPS) is 10.8. The molecular weight excluding hydrogens is 339 g/mol. The SMILES string of the molecule is COc1cc(/C=N\NC(=O)c2ccc(C)c(Cl)c2)cc(Cl)c1O. The number of amides is 1. The van der Waals surface area contributed by atoms with Crippen LogP contribution in [0.5, 0.6) is 11.5 Å². The molecule has 2 aromatic carbocycles. The van der Waals surface area contributed by atoms with Gasteiger partial charge in [0, 0.05) is 10.6 Å². The van der Waals surface area contributed by atoms with Gasteiger partial charge in [-0.05, 0) is 42.3 Å². The summed E-state index contributed by atoms with van der Waals surface area (Å²) in [4.78, 5) is 12.0. The Hall–Kier alpha value is -2.24. The fraction of sp³-hybridized carbons (Fsp3) is 0.125. The Bertz CT molecular complexity index is 776. The molecule has 7 heteroatoms. The maximum atomic E-state index is 12.0. The van der Waals surface area contributed by atoms with Gasteiger partial charge in [-0.1, -0.05) is 29.3 Å². The number of carbonyl (C=O) groups excluding carboxylic acids is 1. The Morgan fingerprint density at radius 1 is 1.26 bits per heavy atom. The summed E-state index contributed by atoms with van der Waals surface area (Å²) in [5.74, 6) is -0.319. The highest BCUT2D eigenvalue weighted by molar-refractivity contribution is 6.32. The molecular formula is C16H14Cl2N2O3. The molecule has 0 unspecified atom stereocenters. The van der Waals surface area contributed by atoms with Crippen molar-refractivity contribution in [3.8, 4) is 11.5 Å². The van der Waals surface area contributed by atoms with Gasteiger partial charge in [-0.25, -0.2) is 5.43 Å². The smallest absolute Gasteiger partial charge is 0.271 e. The topological polar surface area (TPSA) is 70.9 Å². The van der Waals surface area contributed by atoms with Gasteiger partial charge in [0.05, 0.1) is 18.3 Å². The number of aryl methyl sites for hydroxylation is 1. The standard InChI is InChI=1S/C16H14Cl2N2O3/c1-9-3-4-11(7-12(9)17)16(22)20-19-8-10-5-13(18)15(21)14(6-10)23-2/h3-8,21H,1-2H3,(H,20,22)/b19-8-. The van der Waals surface area contributed by atoms with Crippen LogP contribution in [0.25, 0.3) is 0 Å². The third-order valence-electron chi connectivity index (χ3n) is 3.08. The fourth-order valence-corrected chi connectivity index (χ4v) is 2.19. The van der Waals surface area contributed by atoms with Crippen LogP contribution in [0.3, 0.4) is 0 Å². The largest absolute Gasteiger partial charge is 0.503 e. The monoisotopic (exact) mass is 352 g/mol. The molecule has 0 saturated heterocycles. The maximum Gasteiger partial charge on any atom is 0.271 e. The first-order chi connectivity index (χ1) is 10.9. The highest BCUT2D eigenvalue weighted by atomic mass is 35.5. The van der Waals surface area contributed by atoms with Gasteiger partial charge in [-0.15, -0.1) is 0 Å². The zero-order valence-electron chi connectivity index (χ0n) is 12.4. The van der Waals surface area contributed by atoms with Gasteiger partial charge in [0.25, 0.3) is 5.91 Å². The van der Waals surface area contributed by atoms with Crippen LogP contribution in [0.15, 0.2) is 35.4 Å². The van der Waals surface area contributed by atoms with Gasteiger partial charge in [0.2, 0.25) is 0 Å². The molecule has 2 N–H and O–H groups in total. The van der Waals surface area contributed by atoms with Gasteiger partial charge in [0.15, 0.2) is 11.5 Å². The number of methoxy groups -OCH3 is 1. The zero-order chi connectivity index (χ0) is 17.0. The highest BCUT2D eigenvalue weighted by Crippen LogP contribution is 2.34. The van der Waals surface area contributed by atoms with E-state index in [-0.39, 0.29) is 22.4 Å². The number of nitrogens with zero attached hydrogens (tertiary/aromatic N) is 1. The Morgan fingerprint density at radius 2 is 2.00 bits per heavy atom. The van der Waals surface area contributed by atoms with E-state index >= 15 is 0 Å². The molecule has 0 aliphatic heterocycles. The lowest BCUT2D eigenvalue weighted by Crippen LogP contribution is -2.17. The molecule has 1 amide bonds. The van der Waals surface area contributed by atoms with Crippen LogP contribution in [0.1, 0.15) is 21.5 Å². The van der Waals surface area contributed by atoms with Crippen molar-refractivity contribution in [3.05, 3.63) is 57.1 Å². The van der Waals surface area contributed by atoms with Gasteiger partial charge in [-0.3, -0.25) is 4.79 Å². The number of benzene rings is 2. The van der Waals surface area contributed by atoms with Crippen LogP contribution < -0.4 is 10.2 Å². The van der Waals surface area contributed by atoms with E-state index in [1.165, 1.54) is 19.4 Å². The van der Waals surface area contributed by atoms with Crippen molar-refractivity contribution in [1.82, 2.24) is 5.43 Å². The summed E-state index contributed by atoms with van der Waals surface area (Å²) in [6.07, 6.45) is 1.39. The van der Waals surface area contributed by atoms with E-state index in [9.17, 15) is 9.90 Å². The predicted octanol–water partition coefficient (Wildman–Crippen LogP) is 3.78. The number of carbonyl (C=O) groups is 1. The van der Waals surface area contributed by atoms with E-state index in [0.717, 1.165) is 5.56 Å². The first kappa shape index (κ1) is 17.1. The molecule has 0 aliphatic carbocycles. The van der Waals surface area contributed by atoms with Crippen LogP contribution in [0.4, 0.5) is 0 Å². The van der Waals surface area contributed by atoms with E-state index in [2.05, 4.69) is 10.5 Å². The van der Waals surface area contributed by atoms with E-state index in [4.69, 9.17) is 27.9 Å². The number of ether oxygens (including phenoxy) is 1. The number of hydrogen-bond acceptors (Lipinski definition) is 4. The van der Waals surface area contributed by atoms with Gasteiger partial charge >= 0.3 is 0 Å². The molecule has 0 fully saturated rings. The Kier molecular flexibility index (Phi) is 5.47. The molecule has 0 radical (unpaired) electrons. The van der Waals surface area contributed by atoms with Crippen LogP contribution in [0.2, 0.25) is 10.0 Å². The number of phenolic OH excluding ortho intramolecular Hbond substituents is 1. The first-order valence-electron chi connectivity index (χ1n) is 6.58. The summed E-state index contributed by atoms with van der Waals surface area (Å²) in [5.41, 5.74) is 4.24. The number of phenols is 1. The molecule has 0 spiro atoms. The lowest BCUT2D eigenvalue weighted by Gasteiger charge is -2.06. The van der Waals surface area contributed by atoms with Gasteiger partial charge in [-0.2, -0.15) is 5.10 Å². The minimum absolute atomic E-state index is 0.127. The zero-order valence-corrected chi connectivity index (χ0v) is 13.9. The summed E-state index contributed by atoms with van der Waals surface area (Å²) < 4.78 is 4.99. The number of halogens is 2. The minimum atomic E-state index is -0.389. The number of nitrogens with one attached hydrogen (secondary N) is 1. The highest BCUT2D eigenvalue weighted by Gasteiger charge is 2.09. The summed E-state index contributed by atoms with van der Waals surface area (Å²) in [7, 11) is 1.41. The average molecular weight is 353 g/mol. The molecule has 0 aromatic heterocycles. The van der Waals surface area contributed by atoms with Crippen molar-refractivity contribution in [2.75, 3.05) is 7.11 Å². The van der Waals surface area contributed by atoms with Crippen molar-refractivity contribution in [1.29, 1.82) is 0 Å². The van der Waals surface area contributed by atoms with E-state index in [0.29, 0.717) is 16.1 Å². The predicted molar refractivity (Wildman–Crippen MR) is 90.9 cm³/mol. The Labute approximate surface area is 143 Å². The molecule has 2 rings (SSSR count). The van der Waals surface area contributed by atoms with Crippen molar-refractivity contribution < 1.29 is 14.6 Å². The third-order valence-corrected chi connectivity index (χ3v) is 3.78. The molecule has 0 saturated carbocycles. The van der Waals surface area contributed by atoms with Gasteiger partial charge in [0.1, 0.15) is 0 Å². The molecule has 0 aliphatic rings. The molecule has 0 bridgehead atoms. The van der Waals surface area contributed by atoms with Crippen LogP contribution in [-0.2, 0) is 0 Å². The van der Waals surface area contributed by atoms with Gasteiger partial charge < -0.3 is 9.84 Å². The van der Waals surface area contributed by atoms with Crippen LogP contribution in [0, 0.1) is 6.92 Å². The molecule has 0 atom stereocenters. The lowest BCUT2D eigenvalue weighted by atomic mass is 10.1. The molecule has 5 nitrogen and oxygen atoms in total. The van der Waals surface area contributed by atoms with Crippen molar-refractivity contribution in [2.24, 2.45) is 5.10 Å². The lowest BCUT2D eigenvalue weighted by molar-refractivity contribution is 0.0955.